The van der Waals surface area contributed by atoms with E-state index in [-0.39, 0.29) is 27.8 Å². The van der Waals surface area contributed by atoms with Gasteiger partial charge in [0.25, 0.3) is 0 Å². The molecule has 0 aliphatic carbocycles. The minimum Gasteiger partial charge on any atom is -0.487 e. The van der Waals surface area contributed by atoms with Crippen molar-refractivity contribution in [3.05, 3.63) is 27.7 Å². The quantitative estimate of drug-likeness (QED) is 0.804. The molecule has 18 heavy (non-hydrogen) atoms. The minimum atomic E-state index is -3.04. The summed E-state index contributed by atoms with van der Waals surface area (Å²) in [7, 11) is -3.04. The molecule has 0 saturated carbocycles. The first kappa shape index (κ1) is 13.6. The molecule has 1 unspecified atom stereocenters. The highest BCUT2D eigenvalue weighted by atomic mass is 35.5. The van der Waals surface area contributed by atoms with Crippen LogP contribution in [0, 0.1) is 0 Å². The summed E-state index contributed by atoms with van der Waals surface area (Å²) in [5.41, 5.74) is 0.219. The lowest BCUT2D eigenvalue weighted by molar-refractivity contribution is 0.111. The molecule has 7 heteroatoms. The summed E-state index contributed by atoms with van der Waals surface area (Å²) in [6, 6.07) is 2.88. The molecule has 0 amide bonds. The zero-order valence-corrected chi connectivity index (χ0v) is 11.6. The fourth-order valence-electron chi connectivity index (χ4n) is 1.81. The van der Waals surface area contributed by atoms with Gasteiger partial charge in [-0.2, -0.15) is 0 Å². The van der Waals surface area contributed by atoms with E-state index in [0.717, 1.165) is 0 Å². The summed E-state index contributed by atoms with van der Waals surface area (Å²) in [5, 5.41) is 0.530. The minimum absolute atomic E-state index is 0.0513. The summed E-state index contributed by atoms with van der Waals surface area (Å²) in [5.74, 6) is 0.238. The molecule has 2 rings (SSSR count). The van der Waals surface area contributed by atoms with E-state index >= 15 is 0 Å². The first-order chi connectivity index (χ1) is 8.41. The number of carbonyl (C=O) groups is 1. The smallest absolute Gasteiger partial charge is 0.154 e. The second kappa shape index (κ2) is 5.07. The summed E-state index contributed by atoms with van der Waals surface area (Å²) in [6.07, 6.45) is 0.517. The summed E-state index contributed by atoms with van der Waals surface area (Å²) < 4.78 is 28.2. The van der Waals surface area contributed by atoms with Gasteiger partial charge < -0.3 is 4.74 Å². The van der Waals surface area contributed by atoms with E-state index in [2.05, 4.69) is 0 Å². The number of hydrogen-bond acceptors (Lipinski definition) is 4. The molecule has 1 heterocycles. The van der Waals surface area contributed by atoms with Crippen LogP contribution >= 0.6 is 23.2 Å². The Morgan fingerprint density at radius 3 is 2.61 bits per heavy atom. The van der Waals surface area contributed by atoms with E-state index in [4.69, 9.17) is 27.9 Å². The van der Waals surface area contributed by atoms with Crippen molar-refractivity contribution in [2.45, 2.75) is 12.5 Å². The standard InChI is InChI=1S/C11H10Cl2O4S/c12-8-3-7(5-14)11(10(13)4-8)17-9-1-2-18(15,16)6-9/h3-5,9H,1-2,6H2. The molecule has 1 aromatic carbocycles. The number of sulfone groups is 1. The van der Waals surface area contributed by atoms with Crippen LogP contribution in [0.25, 0.3) is 0 Å². The van der Waals surface area contributed by atoms with Gasteiger partial charge in [-0.15, -0.1) is 0 Å². The predicted molar refractivity (Wildman–Crippen MR) is 69.5 cm³/mol. The highest BCUT2D eigenvalue weighted by Crippen LogP contribution is 2.33. The summed E-state index contributed by atoms with van der Waals surface area (Å²) >= 11 is 11.7. The van der Waals surface area contributed by atoms with Crippen molar-refractivity contribution in [2.24, 2.45) is 0 Å². The molecule has 1 fully saturated rings. The zero-order valence-electron chi connectivity index (χ0n) is 9.23. The lowest BCUT2D eigenvalue weighted by Gasteiger charge is -2.15. The van der Waals surface area contributed by atoms with Gasteiger partial charge in [0.1, 0.15) is 11.9 Å². The van der Waals surface area contributed by atoms with Crippen molar-refractivity contribution in [2.75, 3.05) is 11.5 Å². The third-order valence-electron chi connectivity index (χ3n) is 2.64. The normalized spacial score (nSPS) is 21.8. The third-order valence-corrected chi connectivity index (χ3v) is 4.88. The molecule has 98 valence electrons. The van der Waals surface area contributed by atoms with Gasteiger partial charge in [-0.05, 0) is 18.6 Å². The second-order valence-corrected chi connectivity index (χ2v) is 7.14. The van der Waals surface area contributed by atoms with Crippen LogP contribution in [0.2, 0.25) is 10.0 Å². The lowest BCUT2D eigenvalue weighted by Crippen LogP contribution is -2.18. The average Bonchev–Trinajstić information content (AvgIpc) is 2.61. The van der Waals surface area contributed by atoms with Gasteiger partial charge in [-0.1, -0.05) is 23.2 Å². The second-order valence-electron chi connectivity index (χ2n) is 4.07. The van der Waals surface area contributed by atoms with Crippen LogP contribution in [-0.4, -0.2) is 32.3 Å². The van der Waals surface area contributed by atoms with Gasteiger partial charge in [-0.25, -0.2) is 8.42 Å². The molecule has 0 radical (unpaired) electrons. The van der Waals surface area contributed by atoms with E-state index in [1.54, 1.807) is 0 Å². The number of rotatable bonds is 3. The Morgan fingerprint density at radius 1 is 1.33 bits per heavy atom. The van der Waals surface area contributed by atoms with E-state index in [1.807, 2.05) is 0 Å². The highest BCUT2D eigenvalue weighted by Gasteiger charge is 2.30. The molecule has 4 nitrogen and oxygen atoms in total. The van der Waals surface area contributed by atoms with Crippen LogP contribution < -0.4 is 4.74 Å². The molecule has 0 spiro atoms. The Bertz CT molecular complexity index is 583. The molecule has 0 aromatic heterocycles. The van der Waals surface area contributed by atoms with Crippen molar-refractivity contribution in [1.29, 1.82) is 0 Å². The number of ether oxygens (including phenoxy) is 1. The zero-order chi connectivity index (χ0) is 13.3. The first-order valence-electron chi connectivity index (χ1n) is 5.22. The van der Waals surface area contributed by atoms with Gasteiger partial charge in [-0.3, -0.25) is 4.79 Å². The van der Waals surface area contributed by atoms with Crippen LogP contribution in [0.3, 0.4) is 0 Å². The number of carbonyl (C=O) groups excluding carboxylic acids is 1. The Morgan fingerprint density at radius 2 is 2.06 bits per heavy atom. The first-order valence-corrected chi connectivity index (χ1v) is 7.80. The molecule has 1 atom stereocenters. The number of hydrogen-bond donors (Lipinski definition) is 0. The summed E-state index contributed by atoms with van der Waals surface area (Å²) in [6.45, 7) is 0. The maximum absolute atomic E-state index is 11.3. The molecular formula is C11H10Cl2O4S. The molecule has 0 N–H and O–H groups in total. The van der Waals surface area contributed by atoms with Crippen molar-refractivity contribution in [1.82, 2.24) is 0 Å². The Balaban J connectivity index is 2.27. The lowest BCUT2D eigenvalue weighted by atomic mass is 10.2. The topological polar surface area (TPSA) is 60.4 Å². The van der Waals surface area contributed by atoms with Crippen LogP contribution in [0.1, 0.15) is 16.8 Å². The predicted octanol–water partition coefficient (Wildman–Crippen LogP) is 2.37. The number of halogens is 2. The van der Waals surface area contributed by atoms with Gasteiger partial charge >= 0.3 is 0 Å². The van der Waals surface area contributed by atoms with E-state index < -0.39 is 15.9 Å². The average molecular weight is 309 g/mol. The molecule has 1 aromatic rings. The summed E-state index contributed by atoms with van der Waals surface area (Å²) in [4.78, 5) is 10.9. The fraction of sp³-hybridized carbons (Fsp3) is 0.364. The largest absolute Gasteiger partial charge is 0.487 e. The van der Waals surface area contributed by atoms with Gasteiger partial charge in [0.2, 0.25) is 0 Å². The van der Waals surface area contributed by atoms with E-state index in [1.165, 1.54) is 12.1 Å². The molecule has 1 aliphatic heterocycles. The fourth-order valence-corrected chi connectivity index (χ4v) is 3.96. The Kier molecular flexibility index (Phi) is 3.84. The van der Waals surface area contributed by atoms with Crippen molar-refractivity contribution >= 4 is 39.3 Å². The maximum atomic E-state index is 11.3. The molecular weight excluding hydrogens is 299 g/mol. The van der Waals surface area contributed by atoms with Gasteiger partial charge in [0.15, 0.2) is 16.1 Å². The molecule has 0 bridgehead atoms. The van der Waals surface area contributed by atoms with Crippen molar-refractivity contribution in [3.63, 3.8) is 0 Å². The molecule has 1 saturated heterocycles. The SMILES string of the molecule is O=Cc1cc(Cl)cc(Cl)c1OC1CCS(=O)(=O)C1. The van der Waals surface area contributed by atoms with Crippen molar-refractivity contribution < 1.29 is 17.9 Å². The highest BCUT2D eigenvalue weighted by molar-refractivity contribution is 7.91. The monoisotopic (exact) mass is 308 g/mol. The van der Waals surface area contributed by atoms with Gasteiger partial charge in [0, 0.05) is 5.02 Å². The van der Waals surface area contributed by atoms with E-state index in [0.29, 0.717) is 17.7 Å². The van der Waals surface area contributed by atoms with Crippen LogP contribution in [0.4, 0.5) is 0 Å². The van der Waals surface area contributed by atoms with Crippen molar-refractivity contribution in [3.8, 4) is 5.75 Å². The third kappa shape index (κ3) is 2.96. The van der Waals surface area contributed by atoms with Crippen LogP contribution in [-0.2, 0) is 9.84 Å². The van der Waals surface area contributed by atoms with E-state index in [9.17, 15) is 13.2 Å². The Labute approximate surface area is 115 Å². The van der Waals surface area contributed by atoms with Crippen LogP contribution in [0.15, 0.2) is 12.1 Å². The number of benzene rings is 1. The van der Waals surface area contributed by atoms with Gasteiger partial charge in [0.05, 0.1) is 22.1 Å². The Hall–Kier alpha value is -0.780. The molecule has 1 aliphatic rings. The van der Waals surface area contributed by atoms with Crippen LogP contribution in [0.5, 0.6) is 5.75 Å². The number of aldehydes is 1. The maximum Gasteiger partial charge on any atom is 0.154 e.